The number of carboxylic acid groups (broad SMARTS) is 1. The second kappa shape index (κ2) is 5.44. The fourth-order valence-corrected chi connectivity index (χ4v) is 2.93. The molecule has 1 unspecified atom stereocenters. The third-order valence-corrected chi connectivity index (χ3v) is 3.81. The number of rotatable bonds is 4. The first kappa shape index (κ1) is 12.3. The van der Waals surface area contributed by atoms with Crippen LogP contribution in [0.15, 0.2) is 16.3 Å². The molecule has 0 saturated carbocycles. The van der Waals surface area contributed by atoms with E-state index in [4.69, 9.17) is 5.11 Å². The first-order valence-corrected chi connectivity index (χ1v) is 7.46. The zero-order valence-electron chi connectivity index (χ0n) is 9.01. The number of aromatic nitrogens is 1. The first-order chi connectivity index (χ1) is 8.16. The van der Waals surface area contributed by atoms with Crippen molar-refractivity contribution in [2.45, 2.75) is 19.1 Å². The van der Waals surface area contributed by atoms with Crippen LogP contribution in [-0.4, -0.2) is 30.5 Å². The van der Waals surface area contributed by atoms with Crippen LogP contribution < -0.4 is 0 Å². The molecule has 90 valence electrons. The predicted molar refractivity (Wildman–Crippen MR) is 75.2 cm³/mol. The molecule has 0 amide bonds. The van der Waals surface area contributed by atoms with E-state index in [0.29, 0.717) is 6.54 Å². The summed E-state index contributed by atoms with van der Waals surface area (Å²) in [6, 6.07) is 1.96. The van der Waals surface area contributed by atoms with Gasteiger partial charge in [0.05, 0.1) is 18.2 Å². The van der Waals surface area contributed by atoms with Gasteiger partial charge in [0.25, 0.3) is 0 Å². The van der Waals surface area contributed by atoms with Gasteiger partial charge in [0.2, 0.25) is 0 Å². The van der Waals surface area contributed by atoms with Crippen molar-refractivity contribution >= 4 is 42.5 Å². The second-order valence-electron chi connectivity index (χ2n) is 3.72. The van der Waals surface area contributed by atoms with Crippen molar-refractivity contribution < 1.29 is 15.0 Å². The van der Waals surface area contributed by atoms with Crippen LogP contribution in [0.5, 0.6) is 0 Å². The Morgan fingerprint density at radius 3 is 3.18 bits per heavy atom. The maximum absolute atomic E-state index is 10.5. The zero-order chi connectivity index (χ0) is 12.3. The minimum atomic E-state index is -0.983. The average molecular weight is 345 g/mol. The molecule has 1 aromatic rings. The topological polar surface area (TPSA) is 62.5 Å². The maximum Gasteiger partial charge on any atom is 0.306 e. The van der Waals surface area contributed by atoms with E-state index in [1.165, 1.54) is 0 Å². The normalized spacial score (nSPS) is 14.9. The Morgan fingerprint density at radius 1 is 1.59 bits per heavy atom. The largest absolute Gasteiger partial charge is 0.481 e. The lowest BCUT2D eigenvalue weighted by Crippen LogP contribution is -2.19. The van der Waals surface area contributed by atoms with Gasteiger partial charge in [-0.05, 0) is 37.0 Å². The van der Waals surface area contributed by atoms with Crippen molar-refractivity contribution in [2.75, 3.05) is 0 Å². The number of halogens is 1. The van der Waals surface area contributed by atoms with Gasteiger partial charge in [-0.15, -0.1) is 0 Å². The molecule has 1 atom stereocenters. The zero-order valence-corrected chi connectivity index (χ0v) is 11.2. The molecule has 2 rings (SSSR count). The summed E-state index contributed by atoms with van der Waals surface area (Å²) in [6.45, 7) is 0.298. The van der Waals surface area contributed by atoms with Gasteiger partial charge >= 0.3 is 5.97 Å². The fraction of sp³-hybridized carbons (Fsp3) is 0.250. The van der Waals surface area contributed by atoms with Crippen LogP contribution in [0.25, 0.3) is 12.2 Å². The lowest BCUT2D eigenvalue weighted by molar-refractivity contribution is -0.139. The van der Waals surface area contributed by atoms with Crippen LogP contribution in [0.4, 0.5) is 0 Å². The van der Waals surface area contributed by atoms with Crippen molar-refractivity contribution in [3.05, 3.63) is 27.6 Å². The summed E-state index contributed by atoms with van der Waals surface area (Å²) in [5.41, 5.74) is 2.08. The molecular formula is C12H12INO3. The van der Waals surface area contributed by atoms with E-state index in [9.17, 15) is 9.90 Å². The van der Waals surface area contributed by atoms with Crippen LogP contribution in [0, 0.1) is 0 Å². The van der Waals surface area contributed by atoms with Gasteiger partial charge in [-0.25, -0.2) is 0 Å². The van der Waals surface area contributed by atoms with Crippen molar-refractivity contribution in [3.8, 4) is 0 Å². The Balaban J connectivity index is 2.18. The summed E-state index contributed by atoms with van der Waals surface area (Å²) < 4.78 is 7.22. The lowest BCUT2D eigenvalue weighted by Gasteiger charge is -2.11. The van der Waals surface area contributed by atoms with E-state index in [2.05, 4.69) is 13.8 Å². The third-order valence-electron chi connectivity index (χ3n) is 2.42. The van der Waals surface area contributed by atoms with Gasteiger partial charge in [-0.3, -0.25) is 4.79 Å². The first-order valence-electron chi connectivity index (χ1n) is 5.13. The molecule has 0 aromatic carbocycles. The number of aliphatic hydroxyl groups excluding tert-OH is 1. The summed E-state index contributed by atoms with van der Waals surface area (Å²) >= 11 is -0.139. The minimum absolute atomic E-state index is 0.139. The summed E-state index contributed by atoms with van der Waals surface area (Å²) in [5, 5.41) is 18.2. The van der Waals surface area contributed by atoms with Crippen molar-refractivity contribution in [1.82, 2.24) is 4.57 Å². The van der Waals surface area contributed by atoms with E-state index in [-0.39, 0.29) is 27.2 Å². The molecule has 5 heteroatoms. The molecule has 4 nitrogen and oxygen atoms in total. The molecule has 2 N–H and O–H groups in total. The predicted octanol–water partition coefficient (Wildman–Crippen LogP) is 1.69. The third kappa shape index (κ3) is 3.15. The Labute approximate surface area is 109 Å². The van der Waals surface area contributed by atoms with Gasteiger partial charge in [-0.1, -0.05) is 3.67 Å². The number of hydrogen-bond donors (Lipinski definition) is 2. The standard InChI is InChI=1S/C12H12INO3/c15-10(7-12(16)17)8-14-6-3-9-1-4-13-5-2-11(9)14/h1-4,6,10,15H,7-8H2,(H,16,17). The van der Waals surface area contributed by atoms with E-state index in [1.807, 2.05) is 22.9 Å². The highest BCUT2D eigenvalue weighted by atomic mass is 127. The number of nitrogens with zero attached hydrogens (tertiary/aromatic N) is 1. The number of carbonyl (C=O) groups is 1. The fourth-order valence-electron chi connectivity index (χ4n) is 1.68. The Hall–Kier alpha value is -1.17. The molecule has 1 aromatic heterocycles. The van der Waals surface area contributed by atoms with E-state index in [1.54, 1.807) is 0 Å². The SMILES string of the molecule is O=C(O)CC(O)Cn1ccc2c1C=C=IC=C2. The van der Waals surface area contributed by atoms with Gasteiger partial charge in [-0.2, -0.15) is 0 Å². The van der Waals surface area contributed by atoms with Crippen LogP contribution in [0.1, 0.15) is 17.7 Å². The van der Waals surface area contributed by atoms with E-state index >= 15 is 0 Å². The molecule has 0 radical (unpaired) electrons. The summed E-state index contributed by atoms with van der Waals surface area (Å²) in [4.78, 5) is 10.5. The van der Waals surface area contributed by atoms with Crippen molar-refractivity contribution in [1.29, 1.82) is 0 Å². The van der Waals surface area contributed by atoms with Crippen LogP contribution in [0.2, 0.25) is 0 Å². The van der Waals surface area contributed by atoms with Crippen LogP contribution >= 0.6 is 20.7 Å². The second-order valence-corrected chi connectivity index (χ2v) is 5.68. The molecule has 0 spiro atoms. The quantitative estimate of drug-likeness (QED) is 0.817. The number of hydrogen-bond acceptors (Lipinski definition) is 2. The maximum atomic E-state index is 10.5. The average Bonchev–Trinajstić information content (AvgIpc) is 2.49. The van der Waals surface area contributed by atoms with Gasteiger partial charge in [0.1, 0.15) is 0 Å². The summed E-state index contributed by atoms with van der Waals surface area (Å²) in [6.07, 6.45) is 4.75. The van der Waals surface area contributed by atoms with Crippen molar-refractivity contribution in [3.63, 3.8) is 0 Å². The Bertz CT molecular complexity index is 524. The molecular weight excluding hydrogens is 333 g/mol. The number of aliphatic carboxylic acids is 1. The molecule has 0 aliphatic carbocycles. The highest BCUT2D eigenvalue weighted by Crippen LogP contribution is 2.19. The smallest absolute Gasteiger partial charge is 0.306 e. The molecule has 2 heterocycles. The molecule has 0 fully saturated rings. The highest BCUT2D eigenvalue weighted by Gasteiger charge is 2.13. The Kier molecular flexibility index (Phi) is 3.93. The molecule has 1 aliphatic heterocycles. The van der Waals surface area contributed by atoms with Crippen LogP contribution in [-0.2, 0) is 11.3 Å². The number of carboxylic acids is 1. The highest BCUT2D eigenvalue weighted by molar-refractivity contribution is 14.2. The van der Waals surface area contributed by atoms with Gasteiger partial charge in [0.15, 0.2) is 0 Å². The van der Waals surface area contributed by atoms with Gasteiger partial charge < -0.3 is 14.8 Å². The minimum Gasteiger partial charge on any atom is -0.481 e. The van der Waals surface area contributed by atoms with Gasteiger partial charge in [0, 0.05) is 24.4 Å². The lowest BCUT2D eigenvalue weighted by atomic mass is 10.2. The summed E-state index contributed by atoms with van der Waals surface area (Å²) in [7, 11) is 0. The summed E-state index contributed by atoms with van der Waals surface area (Å²) in [5.74, 6) is -0.983. The molecule has 17 heavy (non-hydrogen) atoms. The van der Waals surface area contributed by atoms with E-state index < -0.39 is 12.1 Å². The molecule has 0 bridgehead atoms. The number of fused-ring (bicyclic) bond motifs is 1. The van der Waals surface area contributed by atoms with Crippen LogP contribution in [0.3, 0.4) is 0 Å². The monoisotopic (exact) mass is 345 g/mol. The molecule has 0 saturated heterocycles. The number of aliphatic hydroxyl groups is 1. The van der Waals surface area contributed by atoms with Crippen molar-refractivity contribution in [2.24, 2.45) is 0 Å². The Morgan fingerprint density at radius 2 is 2.41 bits per heavy atom. The van der Waals surface area contributed by atoms with E-state index in [0.717, 1.165) is 11.3 Å². The molecule has 1 aliphatic rings.